The number of ether oxygens (including phenoxy) is 1. The number of nitrogens with zero attached hydrogens (tertiary/aromatic N) is 2. The summed E-state index contributed by atoms with van der Waals surface area (Å²) in [5, 5.41) is 1.52. The van der Waals surface area contributed by atoms with Crippen molar-refractivity contribution >= 4 is 40.0 Å². The molecule has 0 atom stereocenters. The lowest BCUT2D eigenvalue weighted by Gasteiger charge is -2.12. The van der Waals surface area contributed by atoms with Crippen LogP contribution >= 0.6 is 23.4 Å². The van der Waals surface area contributed by atoms with Crippen molar-refractivity contribution in [1.29, 1.82) is 0 Å². The fourth-order valence-electron chi connectivity index (χ4n) is 1.83. The molecule has 0 fully saturated rings. The molecule has 1 heterocycles. The van der Waals surface area contributed by atoms with E-state index in [1.54, 1.807) is 25.3 Å². The monoisotopic (exact) mass is 326 g/mol. The second kappa shape index (κ2) is 7.06. The van der Waals surface area contributed by atoms with Crippen molar-refractivity contribution in [3.63, 3.8) is 0 Å². The summed E-state index contributed by atoms with van der Waals surface area (Å²) >= 11 is 7.19. The highest BCUT2D eigenvalue weighted by atomic mass is 35.5. The molecule has 2 aromatic rings. The maximum absolute atomic E-state index is 12.5. The molecule has 21 heavy (non-hydrogen) atoms. The Kier molecular flexibility index (Phi) is 5.39. The van der Waals surface area contributed by atoms with Crippen molar-refractivity contribution in [3.8, 4) is 0 Å². The van der Waals surface area contributed by atoms with Gasteiger partial charge < -0.3 is 4.74 Å². The molecule has 0 radical (unpaired) electrons. The molecule has 0 aliphatic rings. The largest absolute Gasteiger partial charge is 0.383 e. The van der Waals surface area contributed by atoms with Crippen molar-refractivity contribution < 1.29 is 9.53 Å². The third-order valence-electron chi connectivity index (χ3n) is 2.81. The zero-order valence-corrected chi connectivity index (χ0v) is 13.3. The van der Waals surface area contributed by atoms with E-state index in [-0.39, 0.29) is 17.1 Å². The predicted octanol–water partition coefficient (Wildman–Crippen LogP) is 2.38. The van der Waals surface area contributed by atoms with Gasteiger partial charge in [0.15, 0.2) is 5.16 Å². The van der Waals surface area contributed by atoms with E-state index in [1.807, 2.05) is 0 Å². The van der Waals surface area contributed by atoms with Gasteiger partial charge in [-0.15, -0.1) is 0 Å². The Morgan fingerprint density at radius 1 is 1.48 bits per heavy atom. The number of carbonyl (C=O) groups excluding carboxylic acids is 1. The van der Waals surface area contributed by atoms with Crippen LogP contribution in [0, 0.1) is 0 Å². The van der Waals surface area contributed by atoms with E-state index in [2.05, 4.69) is 4.98 Å². The number of methoxy groups -OCH3 is 1. The van der Waals surface area contributed by atoms with Crippen LogP contribution in [0.4, 0.5) is 0 Å². The molecule has 7 heteroatoms. The summed E-state index contributed by atoms with van der Waals surface area (Å²) in [6.07, 6.45) is 0. The third kappa shape index (κ3) is 3.84. The fourth-order valence-corrected chi connectivity index (χ4v) is 2.82. The molecule has 0 aliphatic heterocycles. The first-order valence-corrected chi connectivity index (χ1v) is 7.70. The van der Waals surface area contributed by atoms with Crippen LogP contribution in [0.3, 0.4) is 0 Å². The van der Waals surface area contributed by atoms with E-state index in [9.17, 15) is 9.59 Å². The van der Waals surface area contributed by atoms with Gasteiger partial charge in [-0.25, -0.2) is 4.98 Å². The first-order chi connectivity index (χ1) is 10.0. The number of carbonyl (C=O) groups is 1. The summed E-state index contributed by atoms with van der Waals surface area (Å²) in [5.74, 6) is 0.296. The van der Waals surface area contributed by atoms with Crippen molar-refractivity contribution in [3.05, 3.63) is 33.6 Å². The molecular formula is C14H15ClN2O3S. The van der Waals surface area contributed by atoms with Crippen LogP contribution in [0.25, 0.3) is 10.9 Å². The standard InChI is InChI=1S/C14H15ClN2O3S/c1-9(18)8-21-14-16-12-7-10(15)3-4-11(12)13(19)17(14)5-6-20-2/h3-4,7H,5-6,8H2,1-2H3. The molecule has 0 unspecified atom stereocenters. The Morgan fingerprint density at radius 2 is 2.24 bits per heavy atom. The number of hydrogen-bond acceptors (Lipinski definition) is 5. The number of fused-ring (bicyclic) bond motifs is 1. The molecule has 0 aliphatic carbocycles. The lowest BCUT2D eigenvalue weighted by atomic mass is 10.2. The van der Waals surface area contributed by atoms with Crippen molar-refractivity contribution in [2.45, 2.75) is 18.6 Å². The Hall–Kier alpha value is -1.37. The topological polar surface area (TPSA) is 61.2 Å². The summed E-state index contributed by atoms with van der Waals surface area (Å²) in [6, 6.07) is 4.97. The summed E-state index contributed by atoms with van der Waals surface area (Å²) in [7, 11) is 1.57. The molecule has 0 saturated carbocycles. The normalized spacial score (nSPS) is 11.0. The first-order valence-electron chi connectivity index (χ1n) is 6.34. The molecule has 0 saturated heterocycles. The van der Waals surface area contributed by atoms with E-state index in [1.165, 1.54) is 23.3 Å². The highest BCUT2D eigenvalue weighted by molar-refractivity contribution is 7.99. The summed E-state index contributed by atoms with van der Waals surface area (Å²) in [4.78, 5) is 28.2. The number of ketones is 1. The fraction of sp³-hybridized carbons (Fsp3) is 0.357. The van der Waals surface area contributed by atoms with Crippen LogP contribution in [-0.4, -0.2) is 34.8 Å². The third-order valence-corrected chi connectivity index (χ3v) is 4.16. The van der Waals surface area contributed by atoms with Crippen LogP contribution in [0.2, 0.25) is 5.02 Å². The van der Waals surface area contributed by atoms with Gasteiger partial charge >= 0.3 is 0 Å². The maximum atomic E-state index is 12.5. The minimum atomic E-state index is -0.153. The van der Waals surface area contributed by atoms with Gasteiger partial charge in [0.25, 0.3) is 5.56 Å². The van der Waals surface area contributed by atoms with E-state index in [4.69, 9.17) is 16.3 Å². The SMILES string of the molecule is COCCn1c(SCC(C)=O)nc2cc(Cl)ccc2c1=O. The van der Waals surface area contributed by atoms with Gasteiger partial charge in [-0.3, -0.25) is 14.2 Å². The molecule has 1 aromatic heterocycles. The lowest BCUT2D eigenvalue weighted by Crippen LogP contribution is -2.25. The van der Waals surface area contributed by atoms with Crippen molar-refractivity contribution in [1.82, 2.24) is 9.55 Å². The van der Waals surface area contributed by atoms with Gasteiger partial charge in [-0.05, 0) is 25.1 Å². The molecule has 1 aromatic carbocycles. The van der Waals surface area contributed by atoms with E-state index in [0.29, 0.717) is 34.2 Å². The van der Waals surface area contributed by atoms with Crippen LogP contribution < -0.4 is 5.56 Å². The predicted molar refractivity (Wildman–Crippen MR) is 84.3 cm³/mol. The molecule has 0 N–H and O–H groups in total. The van der Waals surface area contributed by atoms with Gasteiger partial charge in [-0.2, -0.15) is 0 Å². The van der Waals surface area contributed by atoms with Crippen LogP contribution in [-0.2, 0) is 16.1 Å². The summed E-state index contributed by atoms with van der Waals surface area (Å²) in [6.45, 7) is 2.29. The van der Waals surface area contributed by atoms with Crippen molar-refractivity contribution in [2.24, 2.45) is 0 Å². The van der Waals surface area contributed by atoms with Crippen LogP contribution in [0.1, 0.15) is 6.92 Å². The van der Waals surface area contributed by atoms with Gasteiger partial charge in [0.1, 0.15) is 5.78 Å². The Labute approximate surface area is 131 Å². The smallest absolute Gasteiger partial charge is 0.262 e. The molecule has 112 valence electrons. The average Bonchev–Trinajstić information content (AvgIpc) is 2.44. The second-order valence-electron chi connectivity index (χ2n) is 4.50. The molecular weight excluding hydrogens is 312 g/mol. The number of thioether (sulfide) groups is 1. The van der Waals surface area contributed by atoms with Crippen LogP contribution in [0.15, 0.2) is 28.2 Å². The highest BCUT2D eigenvalue weighted by Gasteiger charge is 2.12. The van der Waals surface area contributed by atoms with E-state index >= 15 is 0 Å². The van der Waals surface area contributed by atoms with Gasteiger partial charge in [-0.1, -0.05) is 23.4 Å². The molecule has 0 bridgehead atoms. The number of hydrogen-bond donors (Lipinski definition) is 0. The van der Waals surface area contributed by atoms with Gasteiger partial charge in [0, 0.05) is 12.1 Å². The molecule has 2 rings (SSSR count). The van der Waals surface area contributed by atoms with Crippen molar-refractivity contribution in [2.75, 3.05) is 19.5 Å². The number of halogens is 1. The second-order valence-corrected chi connectivity index (χ2v) is 5.88. The van der Waals surface area contributed by atoms with E-state index < -0.39 is 0 Å². The van der Waals surface area contributed by atoms with Gasteiger partial charge in [0.2, 0.25) is 0 Å². The number of rotatable bonds is 6. The Bertz CT molecular complexity index is 730. The Balaban J connectivity index is 2.55. The minimum Gasteiger partial charge on any atom is -0.383 e. The minimum absolute atomic E-state index is 0.0266. The maximum Gasteiger partial charge on any atom is 0.262 e. The zero-order chi connectivity index (χ0) is 15.4. The molecule has 0 amide bonds. The quantitative estimate of drug-likeness (QED) is 0.602. The summed E-state index contributed by atoms with van der Waals surface area (Å²) in [5.41, 5.74) is 0.381. The molecule has 0 spiro atoms. The van der Waals surface area contributed by atoms with E-state index in [0.717, 1.165) is 0 Å². The number of Topliss-reactive ketones (excluding diaryl/α,β-unsaturated/α-hetero) is 1. The number of aromatic nitrogens is 2. The average molecular weight is 327 g/mol. The van der Waals surface area contributed by atoms with Gasteiger partial charge in [0.05, 0.1) is 29.8 Å². The zero-order valence-electron chi connectivity index (χ0n) is 11.8. The highest BCUT2D eigenvalue weighted by Crippen LogP contribution is 2.20. The number of benzene rings is 1. The molecule has 5 nitrogen and oxygen atoms in total. The first kappa shape index (κ1) is 16.0. The summed E-state index contributed by atoms with van der Waals surface area (Å²) < 4.78 is 6.56. The Morgan fingerprint density at radius 3 is 2.90 bits per heavy atom. The lowest BCUT2D eigenvalue weighted by molar-refractivity contribution is -0.114. The van der Waals surface area contributed by atoms with Crippen LogP contribution in [0.5, 0.6) is 0 Å².